The molecule has 1 heterocycles. The van der Waals surface area contributed by atoms with E-state index in [0.29, 0.717) is 17.8 Å². The molecule has 0 aromatic heterocycles. The van der Waals surface area contributed by atoms with Gasteiger partial charge in [-0.1, -0.05) is 67.1 Å². The largest absolute Gasteiger partial charge is 0.384 e. The predicted molar refractivity (Wildman–Crippen MR) is 161 cm³/mol. The molecule has 0 fully saturated rings. The van der Waals surface area contributed by atoms with E-state index in [1.54, 1.807) is 0 Å². The van der Waals surface area contributed by atoms with Gasteiger partial charge in [-0.3, -0.25) is 9.69 Å². The van der Waals surface area contributed by atoms with Crippen molar-refractivity contribution in [3.8, 4) is 6.07 Å². The minimum absolute atomic E-state index is 0.123. The second kappa shape index (κ2) is 11.6. The van der Waals surface area contributed by atoms with Gasteiger partial charge in [0.05, 0.1) is 17.6 Å². The zero-order valence-corrected chi connectivity index (χ0v) is 23.8. The Balaban J connectivity index is 1.58. The SMILES string of the molecule is CCc1ccc(N2C(N)=C(C#N)C(c3cc(C)cc(CSCc4ccccc4)c3C)C3=C2CCCC3=O)cc1. The van der Waals surface area contributed by atoms with Gasteiger partial charge >= 0.3 is 0 Å². The van der Waals surface area contributed by atoms with E-state index in [2.05, 4.69) is 75.4 Å². The molecule has 0 amide bonds. The van der Waals surface area contributed by atoms with Crippen LogP contribution in [-0.4, -0.2) is 5.78 Å². The Morgan fingerprint density at radius 3 is 2.44 bits per heavy atom. The van der Waals surface area contributed by atoms with Crippen molar-refractivity contribution in [2.75, 3.05) is 4.90 Å². The van der Waals surface area contributed by atoms with Crippen LogP contribution in [0, 0.1) is 25.2 Å². The van der Waals surface area contributed by atoms with E-state index in [9.17, 15) is 10.1 Å². The van der Waals surface area contributed by atoms with Crippen LogP contribution in [-0.2, 0) is 22.7 Å². The van der Waals surface area contributed by atoms with E-state index in [-0.39, 0.29) is 5.78 Å². The Hall–Kier alpha value is -3.75. The molecule has 2 aliphatic rings. The number of nitrogens with zero attached hydrogens (tertiary/aromatic N) is 2. The molecule has 198 valence electrons. The fourth-order valence-electron chi connectivity index (χ4n) is 5.84. The van der Waals surface area contributed by atoms with Crippen LogP contribution in [0.4, 0.5) is 5.69 Å². The van der Waals surface area contributed by atoms with Crippen molar-refractivity contribution in [1.29, 1.82) is 5.26 Å². The van der Waals surface area contributed by atoms with Crippen molar-refractivity contribution in [2.24, 2.45) is 5.73 Å². The topological polar surface area (TPSA) is 70.1 Å². The van der Waals surface area contributed by atoms with E-state index < -0.39 is 5.92 Å². The van der Waals surface area contributed by atoms with Crippen LogP contribution >= 0.6 is 11.8 Å². The van der Waals surface area contributed by atoms with E-state index in [1.165, 1.54) is 16.7 Å². The van der Waals surface area contributed by atoms with Gasteiger partial charge in [0.25, 0.3) is 0 Å². The normalized spacial score (nSPS) is 17.3. The maximum absolute atomic E-state index is 13.6. The average molecular weight is 534 g/mol. The first-order valence-corrected chi connectivity index (χ1v) is 14.8. The number of Topliss-reactive ketones (excluding diaryl/α,β-unsaturated/α-hetero) is 1. The maximum atomic E-state index is 13.6. The van der Waals surface area contributed by atoms with Gasteiger partial charge in [-0.05, 0) is 73.1 Å². The highest BCUT2D eigenvalue weighted by molar-refractivity contribution is 7.97. The lowest BCUT2D eigenvalue weighted by atomic mass is 9.73. The molecule has 3 aromatic rings. The molecule has 2 N–H and O–H groups in total. The molecule has 3 aromatic carbocycles. The van der Waals surface area contributed by atoms with E-state index in [0.717, 1.165) is 64.4 Å². The number of anilines is 1. The number of nitriles is 1. The highest BCUT2D eigenvalue weighted by Crippen LogP contribution is 2.47. The predicted octanol–water partition coefficient (Wildman–Crippen LogP) is 7.60. The summed E-state index contributed by atoms with van der Waals surface area (Å²) in [7, 11) is 0. The van der Waals surface area contributed by atoms with Crippen molar-refractivity contribution in [3.63, 3.8) is 0 Å². The van der Waals surface area contributed by atoms with Crippen molar-refractivity contribution in [2.45, 2.75) is 63.9 Å². The van der Waals surface area contributed by atoms with Crippen LogP contribution < -0.4 is 10.6 Å². The Morgan fingerprint density at radius 2 is 1.74 bits per heavy atom. The first kappa shape index (κ1) is 26.8. The maximum Gasteiger partial charge on any atom is 0.161 e. The molecular formula is C34H35N3OS. The lowest BCUT2D eigenvalue weighted by molar-refractivity contribution is -0.116. The molecule has 39 heavy (non-hydrogen) atoms. The zero-order chi connectivity index (χ0) is 27.5. The number of rotatable bonds is 7. The van der Waals surface area contributed by atoms with Gasteiger partial charge in [0.1, 0.15) is 5.82 Å². The third-order valence-electron chi connectivity index (χ3n) is 7.90. The number of hydrogen-bond donors (Lipinski definition) is 1. The van der Waals surface area contributed by atoms with Crippen LogP contribution in [0.2, 0.25) is 0 Å². The Labute approximate surface area is 236 Å². The van der Waals surface area contributed by atoms with Crippen molar-refractivity contribution >= 4 is 23.2 Å². The quantitative estimate of drug-likeness (QED) is 0.339. The van der Waals surface area contributed by atoms with Crippen LogP contribution in [0.5, 0.6) is 0 Å². The summed E-state index contributed by atoms with van der Waals surface area (Å²) in [6.45, 7) is 6.35. The summed E-state index contributed by atoms with van der Waals surface area (Å²) in [5, 5.41) is 10.5. The molecule has 0 saturated carbocycles. The van der Waals surface area contributed by atoms with Gasteiger partial charge < -0.3 is 5.73 Å². The lowest BCUT2D eigenvalue weighted by Crippen LogP contribution is -2.39. The van der Waals surface area contributed by atoms with Crippen LogP contribution in [0.15, 0.2) is 89.4 Å². The van der Waals surface area contributed by atoms with E-state index >= 15 is 0 Å². The number of nitrogens with two attached hydrogens (primary N) is 1. The minimum atomic E-state index is -0.443. The number of hydrogen-bond acceptors (Lipinski definition) is 5. The molecule has 1 aliphatic heterocycles. The van der Waals surface area contributed by atoms with Gasteiger partial charge in [0, 0.05) is 34.9 Å². The minimum Gasteiger partial charge on any atom is -0.384 e. The molecule has 4 nitrogen and oxygen atoms in total. The number of thioether (sulfide) groups is 1. The molecule has 0 bridgehead atoms. The van der Waals surface area contributed by atoms with Gasteiger partial charge in [0.2, 0.25) is 0 Å². The summed E-state index contributed by atoms with van der Waals surface area (Å²) < 4.78 is 0. The van der Waals surface area contributed by atoms with Crippen molar-refractivity contribution < 1.29 is 4.79 Å². The molecule has 0 radical (unpaired) electrons. The highest BCUT2D eigenvalue weighted by Gasteiger charge is 2.41. The van der Waals surface area contributed by atoms with Gasteiger partial charge in [0.15, 0.2) is 5.78 Å². The summed E-state index contributed by atoms with van der Waals surface area (Å²) >= 11 is 1.88. The number of allylic oxidation sites excluding steroid dienone is 3. The molecule has 5 rings (SSSR count). The first-order chi connectivity index (χ1) is 18.9. The Morgan fingerprint density at radius 1 is 1.00 bits per heavy atom. The molecule has 0 saturated heterocycles. The summed E-state index contributed by atoms with van der Waals surface area (Å²) in [6, 6.07) is 25.6. The van der Waals surface area contributed by atoms with Crippen LogP contribution in [0.3, 0.4) is 0 Å². The van der Waals surface area contributed by atoms with Crippen LogP contribution in [0.25, 0.3) is 0 Å². The molecular weight excluding hydrogens is 498 g/mol. The molecule has 0 spiro atoms. The standard InChI is InChI=1S/C34H35N3OS/c1-4-24-13-15-27(16-14-24)37-30-11-8-12-31(38)33(30)32(29(19-35)34(37)36)28-18-22(2)17-26(23(28)3)21-39-20-25-9-6-5-7-10-25/h5-7,9-10,13-18,32H,4,8,11-12,20-21,36H2,1-3H3. The molecule has 5 heteroatoms. The third kappa shape index (κ3) is 5.27. The number of carbonyl (C=O) groups is 1. The summed E-state index contributed by atoms with van der Waals surface area (Å²) in [5.41, 5.74) is 16.9. The Kier molecular flexibility index (Phi) is 7.95. The molecule has 1 atom stereocenters. The zero-order valence-electron chi connectivity index (χ0n) is 23.0. The summed E-state index contributed by atoms with van der Waals surface area (Å²) in [4.78, 5) is 15.6. The van der Waals surface area contributed by atoms with E-state index in [4.69, 9.17) is 5.73 Å². The number of aryl methyl sites for hydroxylation is 2. The monoisotopic (exact) mass is 533 g/mol. The Bertz CT molecular complexity index is 1500. The molecule has 1 aliphatic carbocycles. The van der Waals surface area contributed by atoms with Crippen LogP contribution in [0.1, 0.15) is 65.5 Å². The average Bonchev–Trinajstić information content (AvgIpc) is 2.95. The fraction of sp³-hybridized carbons (Fsp3) is 0.294. The smallest absolute Gasteiger partial charge is 0.161 e. The van der Waals surface area contributed by atoms with Crippen molar-refractivity contribution in [3.05, 3.63) is 123 Å². The van der Waals surface area contributed by atoms with Gasteiger partial charge in [-0.2, -0.15) is 17.0 Å². The molecule has 1 unspecified atom stereocenters. The number of ketones is 1. The number of carbonyl (C=O) groups excluding carboxylic acids is 1. The highest BCUT2D eigenvalue weighted by atomic mass is 32.2. The third-order valence-corrected chi connectivity index (χ3v) is 8.95. The van der Waals surface area contributed by atoms with Crippen molar-refractivity contribution in [1.82, 2.24) is 0 Å². The second-order valence-electron chi connectivity index (χ2n) is 10.5. The van der Waals surface area contributed by atoms with Gasteiger partial charge in [-0.25, -0.2) is 0 Å². The number of benzene rings is 3. The first-order valence-electron chi connectivity index (χ1n) is 13.7. The van der Waals surface area contributed by atoms with Gasteiger partial charge in [-0.15, -0.1) is 0 Å². The van der Waals surface area contributed by atoms with E-state index in [1.807, 2.05) is 34.9 Å². The second-order valence-corrected chi connectivity index (χ2v) is 11.4. The lowest BCUT2D eigenvalue weighted by Gasteiger charge is -2.40. The summed E-state index contributed by atoms with van der Waals surface area (Å²) in [6.07, 6.45) is 3.00. The summed E-state index contributed by atoms with van der Waals surface area (Å²) in [5.74, 6) is 1.90. The fourth-order valence-corrected chi connectivity index (χ4v) is 6.89.